The first-order valence-electron chi connectivity index (χ1n) is 11.0. The van der Waals surface area contributed by atoms with E-state index in [0.717, 1.165) is 30.7 Å². The van der Waals surface area contributed by atoms with E-state index in [4.69, 9.17) is 10.8 Å². The average Bonchev–Trinajstić information content (AvgIpc) is 2.80. The number of nitrogens with two attached hydrogens (primary N) is 1. The highest BCUT2D eigenvalue weighted by Gasteiger charge is 2.27. The van der Waals surface area contributed by atoms with Crippen LogP contribution in [0.1, 0.15) is 29.3 Å². The summed E-state index contributed by atoms with van der Waals surface area (Å²) in [6.45, 7) is 2.65. The summed E-state index contributed by atoms with van der Waals surface area (Å²) < 4.78 is 59.0. The van der Waals surface area contributed by atoms with Crippen LogP contribution < -0.4 is 16.0 Å². The van der Waals surface area contributed by atoms with Crippen molar-refractivity contribution in [3.8, 4) is 11.1 Å². The lowest BCUT2D eigenvalue weighted by atomic mass is 9.96. The van der Waals surface area contributed by atoms with Gasteiger partial charge in [0.05, 0.1) is 40.9 Å². The quantitative estimate of drug-likeness (QED) is 0.468. The number of hydrogen-bond donors (Lipinski definition) is 3. The van der Waals surface area contributed by atoms with Crippen molar-refractivity contribution < 1.29 is 27.5 Å². The maximum absolute atomic E-state index is 15.3. The molecule has 35 heavy (non-hydrogen) atoms. The van der Waals surface area contributed by atoms with Gasteiger partial charge in [0, 0.05) is 25.3 Å². The first-order valence-corrected chi connectivity index (χ1v) is 11.0. The summed E-state index contributed by atoms with van der Waals surface area (Å²) in [4.78, 5) is 19.0. The van der Waals surface area contributed by atoms with E-state index in [1.807, 2.05) is 4.90 Å². The number of aliphatic hydroxyl groups is 1. The number of amides is 1. The van der Waals surface area contributed by atoms with E-state index in [1.165, 1.54) is 6.20 Å². The molecular formula is C25H24F4N4O2. The number of hydrogen-bond acceptors (Lipinski definition) is 5. The number of carbonyl (C=O) groups is 1. The summed E-state index contributed by atoms with van der Waals surface area (Å²) in [6.07, 6.45) is 3.81. The molecule has 2 aromatic carbocycles. The standard InChI is InChI=1S/C25H24F4N4O2/c1-13-6-15(30)11-33(10-13)21-4-5-31-9-20(21)32-25(35)16-2-3-17(26)23(24(16)29)22-18(27)7-14(12-34)8-19(22)28/h2-5,7-9,13,15,34H,6,10-12,30H2,1H3,(H,32,35)/t13-,15+/m1/s1. The molecule has 1 fully saturated rings. The van der Waals surface area contributed by atoms with Crippen molar-refractivity contribution in [1.82, 2.24) is 4.98 Å². The molecular weight excluding hydrogens is 464 g/mol. The largest absolute Gasteiger partial charge is 0.392 e. The van der Waals surface area contributed by atoms with Gasteiger partial charge in [-0.3, -0.25) is 9.78 Å². The van der Waals surface area contributed by atoms with Crippen LogP contribution in [-0.2, 0) is 6.61 Å². The second kappa shape index (κ2) is 10.0. The summed E-state index contributed by atoms with van der Waals surface area (Å²) in [7, 11) is 0. The lowest BCUT2D eigenvalue weighted by Gasteiger charge is -2.37. The Kier molecular flexibility index (Phi) is 7.04. The lowest BCUT2D eigenvalue weighted by Crippen LogP contribution is -2.46. The van der Waals surface area contributed by atoms with Gasteiger partial charge in [0.25, 0.3) is 5.91 Å². The number of anilines is 2. The van der Waals surface area contributed by atoms with Crippen molar-refractivity contribution in [3.63, 3.8) is 0 Å². The van der Waals surface area contributed by atoms with E-state index in [9.17, 15) is 18.0 Å². The zero-order chi connectivity index (χ0) is 25.3. The van der Waals surface area contributed by atoms with Crippen molar-refractivity contribution in [3.05, 3.63) is 77.1 Å². The van der Waals surface area contributed by atoms with Crippen molar-refractivity contribution in [1.29, 1.82) is 0 Å². The highest BCUT2D eigenvalue weighted by molar-refractivity contribution is 6.06. The molecule has 0 spiro atoms. The number of nitrogens with zero attached hydrogens (tertiary/aromatic N) is 2. The SMILES string of the molecule is C[C@@H]1C[C@H](N)CN(c2ccncc2NC(=O)c2ccc(F)c(-c3c(F)cc(CO)cc3F)c2F)C1. The van der Waals surface area contributed by atoms with Crippen LogP contribution in [0.3, 0.4) is 0 Å². The number of rotatable bonds is 5. The zero-order valence-electron chi connectivity index (χ0n) is 18.9. The molecule has 4 rings (SSSR count). The van der Waals surface area contributed by atoms with Crippen molar-refractivity contribution in [2.45, 2.75) is 26.0 Å². The van der Waals surface area contributed by atoms with Crippen LogP contribution in [0.5, 0.6) is 0 Å². The molecule has 1 aliphatic rings. The van der Waals surface area contributed by atoms with Crippen LogP contribution in [0, 0.1) is 29.2 Å². The maximum Gasteiger partial charge on any atom is 0.258 e. The number of aliphatic hydroxyl groups excluding tert-OH is 1. The van der Waals surface area contributed by atoms with Gasteiger partial charge in [-0.15, -0.1) is 0 Å². The second-order valence-corrected chi connectivity index (χ2v) is 8.73. The monoisotopic (exact) mass is 488 g/mol. The molecule has 6 nitrogen and oxygen atoms in total. The summed E-state index contributed by atoms with van der Waals surface area (Å²) in [5.74, 6) is -5.83. The molecule has 3 aromatic rings. The predicted molar refractivity (Wildman–Crippen MR) is 124 cm³/mol. The molecule has 4 N–H and O–H groups in total. The highest BCUT2D eigenvalue weighted by Crippen LogP contribution is 2.34. The molecule has 0 aliphatic carbocycles. The van der Waals surface area contributed by atoms with Gasteiger partial charge in [0.15, 0.2) is 0 Å². The Balaban J connectivity index is 1.69. The number of halogens is 4. The third kappa shape index (κ3) is 4.98. The Morgan fingerprint density at radius 1 is 1.11 bits per heavy atom. The molecule has 1 aliphatic heterocycles. The zero-order valence-corrected chi connectivity index (χ0v) is 18.9. The molecule has 0 bridgehead atoms. The Morgan fingerprint density at radius 2 is 1.83 bits per heavy atom. The fourth-order valence-corrected chi connectivity index (χ4v) is 4.46. The summed E-state index contributed by atoms with van der Waals surface area (Å²) in [5, 5.41) is 11.7. The number of carbonyl (C=O) groups excluding carboxylic acids is 1. The molecule has 1 aromatic heterocycles. The third-order valence-corrected chi connectivity index (χ3v) is 5.95. The minimum atomic E-state index is -1.42. The molecule has 0 saturated carbocycles. The van der Waals surface area contributed by atoms with Crippen molar-refractivity contribution >= 4 is 17.3 Å². The van der Waals surface area contributed by atoms with Crippen LogP contribution in [0.25, 0.3) is 11.1 Å². The first kappa shape index (κ1) is 24.6. The van der Waals surface area contributed by atoms with Gasteiger partial charge in [-0.25, -0.2) is 17.6 Å². The molecule has 0 radical (unpaired) electrons. The minimum absolute atomic E-state index is 0.0606. The van der Waals surface area contributed by atoms with E-state index in [0.29, 0.717) is 24.7 Å². The number of aromatic nitrogens is 1. The molecule has 2 heterocycles. The predicted octanol–water partition coefficient (Wildman–Crippen LogP) is 4.22. The van der Waals surface area contributed by atoms with E-state index in [1.54, 1.807) is 12.3 Å². The molecule has 2 atom stereocenters. The summed E-state index contributed by atoms with van der Waals surface area (Å²) in [6, 6.07) is 4.85. The fourth-order valence-electron chi connectivity index (χ4n) is 4.46. The second-order valence-electron chi connectivity index (χ2n) is 8.73. The third-order valence-electron chi connectivity index (χ3n) is 5.95. The van der Waals surface area contributed by atoms with Gasteiger partial charge in [-0.05, 0) is 48.2 Å². The van der Waals surface area contributed by atoms with Gasteiger partial charge in [-0.1, -0.05) is 6.92 Å². The van der Waals surface area contributed by atoms with Gasteiger partial charge in [0.1, 0.15) is 23.3 Å². The number of benzene rings is 2. The highest BCUT2D eigenvalue weighted by atomic mass is 19.1. The molecule has 0 unspecified atom stereocenters. The van der Waals surface area contributed by atoms with E-state index < -0.39 is 52.5 Å². The Hall–Kier alpha value is -3.50. The van der Waals surface area contributed by atoms with Crippen LogP contribution in [0.4, 0.5) is 28.9 Å². The van der Waals surface area contributed by atoms with Gasteiger partial charge < -0.3 is 21.1 Å². The van der Waals surface area contributed by atoms with Crippen LogP contribution in [-0.4, -0.2) is 35.1 Å². The normalized spacial score (nSPS) is 18.0. The molecule has 10 heteroatoms. The van der Waals surface area contributed by atoms with E-state index in [-0.39, 0.29) is 17.3 Å². The maximum atomic E-state index is 15.3. The van der Waals surface area contributed by atoms with Crippen LogP contribution in [0.15, 0.2) is 42.7 Å². The summed E-state index contributed by atoms with van der Waals surface area (Å²) in [5.41, 5.74) is 4.37. The minimum Gasteiger partial charge on any atom is -0.392 e. The molecule has 1 saturated heterocycles. The molecule has 1 amide bonds. The van der Waals surface area contributed by atoms with Gasteiger partial charge in [-0.2, -0.15) is 0 Å². The van der Waals surface area contributed by atoms with Crippen LogP contribution in [0.2, 0.25) is 0 Å². The Labute approximate surface area is 199 Å². The first-order chi connectivity index (χ1) is 16.7. The van der Waals surface area contributed by atoms with Crippen molar-refractivity contribution in [2.24, 2.45) is 11.7 Å². The molecule has 184 valence electrons. The fraction of sp³-hybridized carbons (Fsp3) is 0.280. The van der Waals surface area contributed by atoms with E-state index in [2.05, 4.69) is 17.2 Å². The van der Waals surface area contributed by atoms with Gasteiger partial charge in [0.2, 0.25) is 0 Å². The number of nitrogens with one attached hydrogen (secondary N) is 1. The summed E-state index contributed by atoms with van der Waals surface area (Å²) >= 11 is 0. The number of piperidine rings is 1. The Bertz CT molecular complexity index is 1240. The topological polar surface area (TPSA) is 91.5 Å². The van der Waals surface area contributed by atoms with Gasteiger partial charge >= 0.3 is 0 Å². The van der Waals surface area contributed by atoms with Crippen molar-refractivity contribution in [2.75, 3.05) is 23.3 Å². The van der Waals surface area contributed by atoms with Crippen LogP contribution >= 0.6 is 0 Å². The smallest absolute Gasteiger partial charge is 0.258 e. The number of pyridine rings is 1. The van der Waals surface area contributed by atoms with E-state index >= 15 is 4.39 Å². The average molecular weight is 488 g/mol. The Morgan fingerprint density at radius 3 is 2.49 bits per heavy atom. The lowest BCUT2D eigenvalue weighted by molar-refractivity contribution is 0.102.